The number of nitrogens with zero attached hydrogens (tertiary/aromatic N) is 1. The maximum absolute atomic E-state index is 12.4. The van der Waals surface area contributed by atoms with Gasteiger partial charge in [0.2, 0.25) is 6.79 Å². The summed E-state index contributed by atoms with van der Waals surface area (Å²) in [5.41, 5.74) is 3.49. The number of Topliss-reactive ketones (excluding diaryl/α,β-unsaturated/α-hetero) is 1. The van der Waals surface area contributed by atoms with Gasteiger partial charge >= 0.3 is 0 Å². The van der Waals surface area contributed by atoms with Crippen LogP contribution in [0.15, 0.2) is 42.2 Å². The second-order valence-electron chi connectivity index (χ2n) is 4.82. The SMILES string of the molecule is O=C1C(=Cc2ccncc2)Cc2cc3c(cc21)OCO3. The Morgan fingerprint density at radius 2 is 1.85 bits per heavy atom. The van der Waals surface area contributed by atoms with Crippen LogP contribution in [0.4, 0.5) is 0 Å². The Labute approximate surface area is 115 Å². The molecule has 4 rings (SSSR count). The van der Waals surface area contributed by atoms with Crippen LogP contribution in [0.3, 0.4) is 0 Å². The lowest BCUT2D eigenvalue weighted by Crippen LogP contribution is -1.96. The van der Waals surface area contributed by atoms with Gasteiger partial charge in [-0.1, -0.05) is 0 Å². The van der Waals surface area contributed by atoms with Gasteiger partial charge < -0.3 is 9.47 Å². The van der Waals surface area contributed by atoms with Crippen molar-refractivity contribution in [3.05, 3.63) is 58.9 Å². The highest BCUT2D eigenvalue weighted by molar-refractivity contribution is 6.15. The van der Waals surface area contributed by atoms with Crippen LogP contribution < -0.4 is 9.47 Å². The fraction of sp³-hybridized carbons (Fsp3) is 0.125. The molecule has 0 atom stereocenters. The van der Waals surface area contributed by atoms with Crippen molar-refractivity contribution in [1.29, 1.82) is 0 Å². The van der Waals surface area contributed by atoms with Gasteiger partial charge in [0.05, 0.1) is 0 Å². The third kappa shape index (κ3) is 1.69. The fourth-order valence-corrected chi connectivity index (χ4v) is 2.58. The van der Waals surface area contributed by atoms with Gasteiger partial charge in [-0.25, -0.2) is 0 Å². The van der Waals surface area contributed by atoms with Gasteiger partial charge in [-0.05, 0) is 41.5 Å². The molecule has 0 saturated carbocycles. The lowest BCUT2D eigenvalue weighted by molar-refractivity contribution is 0.104. The number of hydrogen-bond acceptors (Lipinski definition) is 4. The van der Waals surface area contributed by atoms with Gasteiger partial charge in [0.15, 0.2) is 17.3 Å². The zero-order valence-electron chi connectivity index (χ0n) is 10.6. The second-order valence-corrected chi connectivity index (χ2v) is 4.82. The van der Waals surface area contributed by atoms with Crippen LogP contribution in [0.5, 0.6) is 11.5 Å². The van der Waals surface area contributed by atoms with Gasteiger partial charge in [-0.15, -0.1) is 0 Å². The first-order valence-corrected chi connectivity index (χ1v) is 6.39. The van der Waals surface area contributed by atoms with E-state index in [2.05, 4.69) is 4.98 Å². The minimum Gasteiger partial charge on any atom is -0.454 e. The van der Waals surface area contributed by atoms with Gasteiger partial charge in [0.1, 0.15) is 0 Å². The molecule has 0 amide bonds. The maximum Gasteiger partial charge on any atom is 0.231 e. The third-order valence-corrected chi connectivity index (χ3v) is 3.56. The molecule has 1 aromatic heterocycles. The van der Waals surface area contributed by atoms with Crippen molar-refractivity contribution in [3.8, 4) is 11.5 Å². The molecule has 2 aromatic rings. The van der Waals surface area contributed by atoms with Crippen molar-refractivity contribution in [2.45, 2.75) is 6.42 Å². The Kier molecular flexibility index (Phi) is 2.36. The average Bonchev–Trinajstić information content (AvgIpc) is 3.03. The summed E-state index contributed by atoms with van der Waals surface area (Å²) in [5, 5.41) is 0. The van der Waals surface area contributed by atoms with E-state index in [9.17, 15) is 4.79 Å². The number of pyridine rings is 1. The molecular weight excluding hydrogens is 254 g/mol. The van der Waals surface area contributed by atoms with Crippen LogP contribution in [-0.4, -0.2) is 17.6 Å². The summed E-state index contributed by atoms with van der Waals surface area (Å²) in [6.45, 7) is 0.228. The Balaban J connectivity index is 1.74. The van der Waals surface area contributed by atoms with E-state index < -0.39 is 0 Å². The molecule has 1 aromatic carbocycles. The average molecular weight is 265 g/mol. The van der Waals surface area contributed by atoms with Gasteiger partial charge in [-0.3, -0.25) is 9.78 Å². The number of rotatable bonds is 1. The lowest BCUT2D eigenvalue weighted by atomic mass is 10.1. The molecule has 4 heteroatoms. The van der Waals surface area contributed by atoms with Crippen molar-refractivity contribution >= 4 is 11.9 Å². The summed E-state index contributed by atoms with van der Waals surface area (Å²) in [5.74, 6) is 1.44. The first kappa shape index (κ1) is 11.2. The molecule has 0 radical (unpaired) electrons. The molecule has 4 nitrogen and oxygen atoms in total. The van der Waals surface area contributed by atoms with Crippen LogP contribution in [0.1, 0.15) is 21.5 Å². The van der Waals surface area contributed by atoms with Crippen LogP contribution in [0.2, 0.25) is 0 Å². The van der Waals surface area contributed by atoms with Gasteiger partial charge in [-0.2, -0.15) is 0 Å². The fourth-order valence-electron chi connectivity index (χ4n) is 2.58. The van der Waals surface area contributed by atoms with Crippen molar-refractivity contribution in [1.82, 2.24) is 4.98 Å². The highest BCUT2D eigenvalue weighted by Gasteiger charge is 2.28. The molecule has 0 N–H and O–H groups in total. The molecule has 1 aliphatic carbocycles. The molecule has 2 heterocycles. The van der Waals surface area contributed by atoms with E-state index in [4.69, 9.17) is 9.47 Å². The molecule has 2 aliphatic rings. The predicted octanol–water partition coefficient (Wildman–Crippen LogP) is 2.63. The number of aromatic nitrogens is 1. The topological polar surface area (TPSA) is 48.4 Å². The number of ketones is 1. The first-order valence-electron chi connectivity index (χ1n) is 6.39. The number of carbonyl (C=O) groups is 1. The number of fused-ring (bicyclic) bond motifs is 2. The summed E-state index contributed by atoms with van der Waals surface area (Å²) >= 11 is 0. The highest BCUT2D eigenvalue weighted by Crippen LogP contribution is 2.39. The van der Waals surface area contributed by atoms with Crippen LogP contribution >= 0.6 is 0 Å². The summed E-state index contributed by atoms with van der Waals surface area (Å²) in [6, 6.07) is 7.46. The van der Waals surface area contributed by atoms with Crippen LogP contribution in [0, 0.1) is 0 Å². The molecular formula is C16H11NO3. The van der Waals surface area contributed by atoms with E-state index in [1.165, 1.54) is 0 Å². The second kappa shape index (κ2) is 4.20. The number of carbonyl (C=O) groups excluding carboxylic acids is 1. The summed E-state index contributed by atoms with van der Waals surface area (Å²) < 4.78 is 10.7. The van der Waals surface area contributed by atoms with E-state index in [0.717, 1.165) is 28.0 Å². The lowest BCUT2D eigenvalue weighted by Gasteiger charge is -1.99. The molecule has 0 spiro atoms. The van der Waals surface area contributed by atoms with Crippen molar-refractivity contribution < 1.29 is 14.3 Å². The molecule has 0 unspecified atom stereocenters. The van der Waals surface area contributed by atoms with E-state index in [0.29, 0.717) is 12.2 Å². The standard InChI is InChI=1S/C16H11NO3/c18-16-12(5-10-1-3-17-4-2-10)6-11-7-14-15(8-13(11)16)20-9-19-14/h1-5,7-8H,6,9H2. The normalized spacial score (nSPS) is 17.6. The molecule has 98 valence electrons. The first-order chi connectivity index (χ1) is 9.81. The molecule has 0 saturated heterocycles. The maximum atomic E-state index is 12.4. The summed E-state index contributed by atoms with van der Waals surface area (Å²) in [6.07, 6.45) is 5.98. The van der Waals surface area contributed by atoms with E-state index in [1.807, 2.05) is 24.3 Å². The molecule has 20 heavy (non-hydrogen) atoms. The zero-order valence-corrected chi connectivity index (χ0v) is 10.6. The van der Waals surface area contributed by atoms with Gasteiger partial charge in [0.25, 0.3) is 0 Å². The smallest absolute Gasteiger partial charge is 0.231 e. The minimum absolute atomic E-state index is 0.0649. The van der Waals surface area contributed by atoms with Crippen molar-refractivity contribution in [3.63, 3.8) is 0 Å². The molecule has 1 aliphatic heterocycles. The summed E-state index contributed by atoms with van der Waals surface area (Å²) in [7, 11) is 0. The minimum atomic E-state index is 0.0649. The van der Waals surface area contributed by atoms with Crippen molar-refractivity contribution in [2.24, 2.45) is 0 Å². The van der Waals surface area contributed by atoms with E-state index in [1.54, 1.807) is 18.5 Å². The Hall–Kier alpha value is -2.62. The number of ether oxygens (including phenoxy) is 2. The highest BCUT2D eigenvalue weighted by atomic mass is 16.7. The zero-order chi connectivity index (χ0) is 13.5. The Bertz CT molecular complexity index is 735. The van der Waals surface area contributed by atoms with Crippen LogP contribution in [-0.2, 0) is 6.42 Å². The largest absolute Gasteiger partial charge is 0.454 e. The molecule has 0 bridgehead atoms. The quantitative estimate of drug-likeness (QED) is 0.744. The van der Waals surface area contributed by atoms with Gasteiger partial charge in [0, 0.05) is 30.0 Å². The van der Waals surface area contributed by atoms with E-state index in [-0.39, 0.29) is 12.6 Å². The monoisotopic (exact) mass is 265 g/mol. The molecule has 0 fully saturated rings. The summed E-state index contributed by atoms with van der Waals surface area (Å²) in [4.78, 5) is 16.4. The van der Waals surface area contributed by atoms with E-state index >= 15 is 0 Å². The third-order valence-electron chi connectivity index (χ3n) is 3.56. The predicted molar refractivity (Wildman–Crippen MR) is 72.8 cm³/mol. The number of hydrogen-bond donors (Lipinski definition) is 0. The van der Waals surface area contributed by atoms with Crippen LogP contribution in [0.25, 0.3) is 6.08 Å². The van der Waals surface area contributed by atoms with Crippen molar-refractivity contribution in [2.75, 3.05) is 6.79 Å². The number of allylic oxidation sites excluding steroid dienone is 1. The number of benzene rings is 1. The Morgan fingerprint density at radius 1 is 1.10 bits per heavy atom. The Morgan fingerprint density at radius 3 is 2.65 bits per heavy atom.